The van der Waals surface area contributed by atoms with Crippen LogP contribution >= 0.6 is 0 Å². The maximum atomic E-state index is 13.2. The Morgan fingerprint density at radius 1 is 0.687 bits per heavy atom. The molecule has 6 nitrogen and oxygen atoms in total. The molecule has 0 saturated carbocycles. The molecule has 9 atom stereocenters. The van der Waals surface area contributed by atoms with Gasteiger partial charge < -0.3 is 24.3 Å². The molecule has 67 heavy (non-hydrogen) atoms. The van der Waals surface area contributed by atoms with Crippen molar-refractivity contribution in [1.82, 2.24) is 5.32 Å². The van der Waals surface area contributed by atoms with Crippen molar-refractivity contribution >= 4 is 5.91 Å². The summed E-state index contributed by atoms with van der Waals surface area (Å²) >= 11 is 0. The Kier molecular flexibility index (Phi) is 28.6. The summed E-state index contributed by atoms with van der Waals surface area (Å²) in [5.41, 5.74) is 0.985. The third kappa shape index (κ3) is 23.7. The lowest BCUT2D eigenvalue weighted by Gasteiger charge is -2.48. The van der Waals surface area contributed by atoms with Gasteiger partial charge in [0.05, 0.1) is 25.4 Å². The Morgan fingerprint density at radius 3 is 1.73 bits per heavy atom. The molecule has 0 radical (unpaired) electrons. The lowest BCUT2D eigenvalue weighted by Crippen LogP contribution is -2.56. The van der Waals surface area contributed by atoms with Crippen molar-refractivity contribution in [3.8, 4) is 142 Å². The first-order chi connectivity index (χ1) is 32.8. The van der Waals surface area contributed by atoms with Gasteiger partial charge in [0.15, 0.2) is 12.6 Å². The average Bonchev–Trinajstić information content (AvgIpc) is 3.34. The van der Waals surface area contributed by atoms with Crippen molar-refractivity contribution in [2.24, 2.45) is 23.7 Å². The Balaban J connectivity index is -0.00000106. The molecule has 2 aliphatic heterocycles. The van der Waals surface area contributed by atoms with E-state index in [1.165, 1.54) is 57.8 Å². The number of rotatable bonds is 19. The van der Waals surface area contributed by atoms with Gasteiger partial charge in [-0.05, 0) is 139 Å². The third-order valence-electron chi connectivity index (χ3n) is 11.3. The van der Waals surface area contributed by atoms with E-state index >= 15 is 0 Å². The lowest BCUT2D eigenvalue weighted by molar-refractivity contribution is -0.343. The number of carbonyl (C=O) groups excluding carboxylic acids is 1. The Labute approximate surface area is 416 Å². The van der Waals surface area contributed by atoms with Crippen LogP contribution in [0.15, 0.2) is 42.5 Å². The third-order valence-corrected chi connectivity index (χ3v) is 11.3. The van der Waals surface area contributed by atoms with Crippen LogP contribution in [0.1, 0.15) is 137 Å². The van der Waals surface area contributed by atoms with Crippen molar-refractivity contribution in [1.29, 1.82) is 0 Å². The van der Waals surface area contributed by atoms with Crippen LogP contribution < -0.4 is 5.32 Å². The molecule has 1 aromatic rings. The lowest BCUT2D eigenvalue weighted by atomic mass is 9.84. The highest BCUT2D eigenvalue weighted by molar-refractivity contribution is 5.94. The predicted octanol–water partition coefficient (Wildman–Crippen LogP) is 11.0. The van der Waals surface area contributed by atoms with Crippen LogP contribution in [-0.2, 0) is 23.7 Å². The van der Waals surface area contributed by atoms with Gasteiger partial charge in [-0.1, -0.05) is 134 Å². The minimum Gasteiger partial charge on any atom is -0.350 e. The number of unbranched alkanes of at least 4 members (excludes halogenated alkanes) is 9. The monoisotopic (exact) mass is 906 g/mol. The molecule has 6 heteroatoms. The minimum atomic E-state index is -0.497. The van der Waals surface area contributed by atoms with Gasteiger partial charge in [0, 0.05) is 65.8 Å². The van der Waals surface area contributed by atoms with Crippen LogP contribution in [0, 0.1) is 166 Å². The summed E-state index contributed by atoms with van der Waals surface area (Å²) in [5.74, 6) is 61.5. The van der Waals surface area contributed by atoms with E-state index in [1.807, 2.05) is 30.3 Å². The number of allylic oxidation sites excluding steroid dienone is 2. The fraction of sp³-hybridized carbons (Fsp3) is 0.459. The Bertz CT molecular complexity index is 2610. The van der Waals surface area contributed by atoms with Gasteiger partial charge in [-0.3, -0.25) is 4.79 Å². The molecule has 1 aromatic carbocycles. The molecule has 0 aromatic heterocycles. The number of nitrogens with one attached hydrogen (secondary N) is 1. The first-order valence-corrected chi connectivity index (χ1v) is 23.3. The van der Waals surface area contributed by atoms with Gasteiger partial charge in [0.2, 0.25) is 0 Å². The largest absolute Gasteiger partial charge is 0.350 e. The topological polar surface area (TPSA) is 66.0 Å². The van der Waals surface area contributed by atoms with Crippen LogP contribution in [-0.4, -0.2) is 43.7 Å². The zero-order valence-corrected chi connectivity index (χ0v) is 40.0. The fourth-order valence-corrected chi connectivity index (χ4v) is 7.06. The van der Waals surface area contributed by atoms with Gasteiger partial charge in [0.25, 0.3) is 5.91 Å². The summed E-state index contributed by atoms with van der Waals surface area (Å²) in [6, 6.07) is 9.64. The molecule has 3 rings (SSSR count). The van der Waals surface area contributed by atoms with E-state index in [0.717, 1.165) is 18.4 Å². The van der Waals surface area contributed by atoms with E-state index in [2.05, 4.69) is 194 Å². The number of amides is 1. The first-order valence-electron chi connectivity index (χ1n) is 23.3. The molecule has 0 aliphatic carbocycles. The molecule has 0 bridgehead atoms. The second kappa shape index (κ2) is 35.3. The number of ether oxygens (including phenoxy) is 4. The molecule has 0 spiro atoms. The van der Waals surface area contributed by atoms with Gasteiger partial charge in [-0.25, -0.2) is 0 Å². The smallest absolute Gasteiger partial charge is 0.297 e. The molecule has 358 valence electrons. The van der Waals surface area contributed by atoms with E-state index in [0.29, 0.717) is 6.61 Å². The molecular weight excluding hydrogens is 827 g/mol. The first kappa shape index (κ1) is 54.3. The number of hydrogen-bond acceptors (Lipinski definition) is 5. The van der Waals surface area contributed by atoms with Crippen LogP contribution in [0.3, 0.4) is 0 Å². The van der Waals surface area contributed by atoms with Crippen LogP contribution in [0.25, 0.3) is 0 Å². The molecule has 2 saturated heterocycles. The van der Waals surface area contributed by atoms with E-state index in [4.69, 9.17) is 18.9 Å². The summed E-state index contributed by atoms with van der Waals surface area (Å²) < 4.78 is 25.5. The average molecular weight is 906 g/mol. The van der Waals surface area contributed by atoms with Crippen molar-refractivity contribution < 1.29 is 36.6 Å². The van der Waals surface area contributed by atoms with Crippen molar-refractivity contribution in [2.45, 2.75) is 143 Å². The molecule has 6 unspecified atom stereocenters. The Hall–Kier alpha value is -7.01. The standard InChI is InChI=1S/C61H61NO5.9H2/c1-7-9-11-13-15-17-19-21-22-23-24-25-26-27-28-29-30-31-33-35-37-39-44-48-58(63)62-56(52(4)51(3)45-41-38-36-34-32-20-18-16-14-12-10-8-2)49-64-60-54(6)53(5)59-57(66-60)50-65-61(67-59)55-46-42-40-43-47-55;;;;;;;;;/h38,40-43,46-47,51-54,56-57,59-61H,8,10,12,14,16,18,20,32,34,36,45,49-50H2,1-6H3,(H,62,63);9*1H/t51-,52-,53?,54?,56+,57?,59?,60?,61?;;;;;;;;;/m1........./s1. The second-order valence-corrected chi connectivity index (χ2v) is 16.1. The zero-order chi connectivity index (χ0) is 48.0. The molecule has 1 N–H and O–H groups in total. The van der Waals surface area contributed by atoms with Crippen LogP contribution in [0.4, 0.5) is 0 Å². The summed E-state index contributed by atoms with van der Waals surface area (Å²) in [4.78, 5) is 13.2. The van der Waals surface area contributed by atoms with Crippen LogP contribution in [0.5, 0.6) is 0 Å². The molecule has 1 amide bonds. The number of hydrogen-bond donors (Lipinski definition) is 1. The van der Waals surface area contributed by atoms with Gasteiger partial charge in [0.1, 0.15) is 6.10 Å². The van der Waals surface area contributed by atoms with E-state index in [9.17, 15) is 4.79 Å². The van der Waals surface area contributed by atoms with Crippen molar-refractivity contribution in [2.75, 3.05) is 13.2 Å². The van der Waals surface area contributed by atoms with Gasteiger partial charge in [-0.2, -0.15) is 0 Å². The van der Waals surface area contributed by atoms with Gasteiger partial charge in [-0.15, -0.1) is 0 Å². The quantitative estimate of drug-likeness (QED) is 0.0851. The summed E-state index contributed by atoms with van der Waals surface area (Å²) in [7, 11) is 0. The number of carbonyl (C=O) groups is 1. The molecule has 2 aliphatic rings. The van der Waals surface area contributed by atoms with E-state index < -0.39 is 18.5 Å². The summed E-state index contributed by atoms with van der Waals surface area (Å²) in [6.07, 6.45) is 17.1. The summed E-state index contributed by atoms with van der Waals surface area (Å²) in [6.45, 7) is 13.3. The normalized spacial score (nSPS) is 19.3. The zero-order valence-electron chi connectivity index (χ0n) is 40.0. The molecule has 2 fully saturated rings. The van der Waals surface area contributed by atoms with E-state index in [1.54, 1.807) is 6.92 Å². The second-order valence-electron chi connectivity index (χ2n) is 16.1. The minimum absolute atomic E-state index is 0. The van der Waals surface area contributed by atoms with Gasteiger partial charge >= 0.3 is 0 Å². The summed E-state index contributed by atoms with van der Waals surface area (Å²) in [5, 5.41) is 3.10. The SMILES string of the molecule is CC#CC#CC#CC#CC#CC#CC#CC#CC#CC#CC#CC#CC(=O)N[C@@H](COC1OC2COC(c3ccccc3)OC2C(C)C1C)[C@H](C)[C@H](C)CC=CCCCCCCCCCCC.[HH].[HH].[HH].[HH].[HH].[HH].[HH].[HH].[HH]. The number of fused-ring (bicyclic) bond motifs is 1. The highest BCUT2D eigenvalue weighted by Crippen LogP contribution is 2.39. The molecular formula is C61H79NO5. The maximum Gasteiger partial charge on any atom is 0.297 e. The van der Waals surface area contributed by atoms with Crippen LogP contribution in [0.2, 0.25) is 0 Å². The van der Waals surface area contributed by atoms with E-state index in [-0.39, 0.29) is 61.4 Å². The highest BCUT2D eigenvalue weighted by Gasteiger charge is 2.47. The molecule has 2 heterocycles. The Morgan fingerprint density at radius 2 is 1.19 bits per heavy atom. The maximum absolute atomic E-state index is 13.2. The highest BCUT2D eigenvalue weighted by atomic mass is 16.7. The fourth-order valence-electron chi connectivity index (χ4n) is 7.06. The van der Waals surface area contributed by atoms with Crippen molar-refractivity contribution in [3.63, 3.8) is 0 Å². The van der Waals surface area contributed by atoms with Crippen molar-refractivity contribution in [3.05, 3.63) is 48.0 Å². The predicted molar refractivity (Wildman–Crippen MR) is 287 cm³/mol. The number of benzene rings is 1.